The van der Waals surface area contributed by atoms with Crippen LogP contribution in [0.25, 0.3) is 0 Å². The Morgan fingerprint density at radius 3 is 3.17 bits per heavy atom. The van der Waals surface area contributed by atoms with E-state index in [4.69, 9.17) is 9.84 Å². The van der Waals surface area contributed by atoms with Crippen molar-refractivity contribution in [1.29, 1.82) is 0 Å². The first kappa shape index (κ1) is 13.4. The number of hydrogen-bond acceptors (Lipinski definition) is 4. The van der Waals surface area contributed by atoms with Crippen molar-refractivity contribution in [3.05, 3.63) is 11.9 Å². The summed E-state index contributed by atoms with van der Waals surface area (Å²) in [6.07, 6.45) is 4.17. The van der Waals surface area contributed by atoms with E-state index in [2.05, 4.69) is 16.5 Å². The SMILES string of the molecule is Cc1cn(C2CCOC(C)C2)c(SCC(=O)O)n1. The minimum atomic E-state index is -0.812. The van der Waals surface area contributed by atoms with Crippen LogP contribution in [-0.4, -0.2) is 39.1 Å². The fourth-order valence-corrected chi connectivity index (χ4v) is 3.03. The third-order valence-corrected chi connectivity index (χ3v) is 3.95. The molecule has 2 unspecified atom stereocenters. The van der Waals surface area contributed by atoms with Gasteiger partial charge in [-0.25, -0.2) is 4.98 Å². The lowest BCUT2D eigenvalue weighted by Gasteiger charge is -2.29. The molecule has 0 bridgehead atoms. The summed E-state index contributed by atoms with van der Waals surface area (Å²) < 4.78 is 7.65. The van der Waals surface area contributed by atoms with Gasteiger partial charge < -0.3 is 14.4 Å². The van der Waals surface area contributed by atoms with Crippen molar-refractivity contribution in [2.24, 2.45) is 0 Å². The second-order valence-corrected chi connectivity index (χ2v) is 5.56. The molecule has 6 heteroatoms. The third kappa shape index (κ3) is 3.26. The maximum atomic E-state index is 10.6. The highest BCUT2D eigenvalue weighted by atomic mass is 32.2. The molecule has 1 aliphatic rings. The van der Waals surface area contributed by atoms with Crippen molar-refractivity contribution >= 4 is 17.7 Å². The molecule has 2 atom stereocenters. The fraction of sp³-hybridized carbons (Fsp3) is 0.667. The van der Waals surface area contributed by atoms with Crippen molar-refractivity contribution in [2.45, 2.75) is 44.0 Å². The van der Waals surface area contributed by atoms with Crippen LogP contribution in [0.4, 0.5) is 0 Å². The standard InChI is InChI=1S/C12H18N2O3S/c1-8-6-14(10-3-4-17-9(2)5-10)12(13-8)18-7-11(15)16/h6,9-10H,3-5,7H2,1-2H3,(H,15,16). The Kier molecular flexibility index (Phi) is 4.29. The molecule has 5 nitrogen and oxygen atoms in total. The molecule has 0 aliphatic carbocycles. The number of rotatable bonds is 4. The van der Waals surface area contributed by atoms with Gasteiger partial charge in [0, 0.05) is 18.8 Å². The Labute approximate surface area is 111 Å². The molecular formula is C12H18N2O3S. The van der Waals surface area contributed by atoms with Crippen LogP contribution in [-0.2, 0) is 9.53 Å². The molecule has 1 aromatic rings. The highest BCUT2D eigenvalue weighted by Crippen LogP contribution is 2.30. The second-order valence-electron chi connectivity index (χ2n) is 4.61. The maximum absolute atomic E-state index is 10.6. The Bertz CT molecular complexity index is 433. The van der Waals surface area contributed by atoms with E-state index < -0.39 is 5.97 Å². The molecule has 2 heterocycles. The third-order valence-electron chi connectivity index (χ3n) is 2.99. The number of aryl methyl sites for hydroxylation is 1. The van der Waals surface area contributed by atoms with Gasteiger partial charge in [-0.2, -0.15) is 0 Å². The lowest BCUT2D eigenvalue weighted by molar-refractivity contribution is -0.133. The largest absolute Gasteiger partial charge is 0.481 e. The summed E-state index contributed by atoms with van der Waals surface area (Å²) >= 11 is 1.28. The number of carbonyl (C=O) groups is 1. The summed E-state index contributed by atoms with van der Waals surface area (Å²) in [5, 5.41) is 9.55. The van der Waals surface area contributed by atoms with E-state index in [1.54, 1.807) is 0 Å². The molecule has 0 spiro atoms. The first-order chi connectivity index (χ1) is 8.56. The van der Waals surface area contributed by atoms with Gasteiger partial charge in [0.15, 0.2) is 5.16 Å². The molecule has 0 radical (unpaired) electrons. The van der Waals surface area contributed by atoms with Gasteiger partial charge >= 0.3 is 5.97 Å². The van der Waals surface area contributed by atoms with Crippen molar-refractivity contribution in [1.82, 2.24) is 9.55 Å². The van der Waals surface area contributed by atoms with Crippen LogP contribution in [0, 0.1) is 6.92 Å². The molecule has 1 N–H and O–H groups in total. The van der Waals surface area contributed by atoms with E-state index in [-0.39, 0.29) is 11.9 Å². The predicted molar refractivity (Wildman–Crippen MR) is 69.0 cm³/mol. The number of carboxylic acids is 1. The second kappa shape index (κ2) is 5.75. The topological polar surface area (TPSA) is 64.3 Å². The molecule has 1 saturated heterocycles. The normalized spacial score (nSPS) is 24.1. The molecule has 2 rings (SSSR count). The van der Waals surface area contributed by atoms with Crippen LogP contribution in [0.1, 0.15) is 31.5 Å². The number of carboxylic acid groups (broad SMARTS) is 1. The van der Waals surface area contributed by atoms with Crippen molar-refractivity contribution in [3.8, 4) is 0 Å². The van der Waals surface area contributed by atoms with Crippen LogP contribution in [0.3, 0.4) is 0 Å². The number of imidazole rings is 1. The van der Waals surface area contributed by atoms with E-state index >= 15 is 0 Å². The molecule has 1 fully saturated rings. The number of aromatic nitrogens is 2. The Morgan fingerprint density at radius 2 is 2.50 bits per heavy atom. The van der Waals surface area contributed by atoms with E-state index in [0.29, 0.717) is 6.04 Å². The zero-order valence-corrected chi connectivity index (χ0v) is 11.4. The van der Waals surface area contributed by atoms with Gasteiger partial charge in [-0.15, -0.1) is 0 Å². The van der Waals surface area contributed by atoms with Crippen molar-refractivity contribution < 1.29 is 14.6 Å². The average molecular weight is 270 g/mol. The van der Waals surface area contributed by atoms with Gasteiger partial charge in [0.2, 0.25) is 0 Å². The summed E-state index contributed by atoms with van der Waals surface area (Å²) in [7, 11) is 0. The lowest BCUT2D eigenvalue weighted by Crippen LogP contribution is -2.25. The number of hydrogen-bond donors (Lipinski definition) is 1. The van der Waals surface area contributed by atoms with Gasteiger partial charge in [-0.3, -0.25) is 4.79 Å². The molecule has 0 aromatic carbocycles. The predicted octanol–water partition coefficient (Wildman–Crippen LogP) is 2.11. The smallest absolute Gasteiger partial charge is 0.313 e. The summed E-state index contributed by atoms with van der Waals surface area (Å²) in [6.45, 7) is 4.76. The summed E-state index contributed by atoms with van der Waals surface area (Å²) in [4.78, 5) is 15.0. The zero-order valence-electron chi connectivity index (χ0n) is 10.6. The van der Waals surface area contributed by atoms with Crippen molar-refractivity contribution in [2.75, 3.05) is 12.4 Å². The molecule has 18 heavy (non-hydrogen) atoms. The van der Waals surface area contributed by atoms with E-state index in [1.807, 2.05) is 13.1 Å². The Hall–Kier alpha value is -1.01. The maximum Gasteiger partial charge on any atom is 0.313 e. The van der Waals surface area contributed by atoms with Gasteiger partial charge in [-0.1, -0.05) is 11.8 Å². The van der Waals surface area contributed by atoms with Gasteiger partial charge in [0.1, 0.15) is 0 Å². The monoisotopic (exact) mass is 270 g/mol. The van der Waals surface area contributed by atoms with Gasteiger partial charge in [0.25, 0.3) is 0 Å². The summed E-state index contributed by atoms with van der Waals surface area (Å²) in [5.74, 6) is -0.762. The summed E-state index contributed by atoms with van der Waals surface area (Å²) in [6, 6.07) is 0.367. The highest BCUT2D eigenvalue weighted by Gasteiger charge is 2.23. The summed E-state index contributed by atoms with van der Waals surface area (Å²) in [5.41, 5.74) is 0.932. The van der Waals surface area contributed by atoms with Crippen LogP contribution in [0.15, 0.2) is 11.4 Å². The first-order valence-corrected chi connectivity index (χ1v) is 7.06. The molecule has 0 saturated carbocycles. The minimum absolute atomic E-state index is 0.0508. The Morgan fingerprint density at radius 1 is 1.72 bits per heavy atom. The van der Waals surface area contributed by atoms with Gasteiger partial charge in [0.05, 0.1) is 17.6 Å². The van der Waals surface area contributed by atoms with E-state index in [1.165, 1.54) is 11.8 Å². The van der Waals surface area contributed by atoms with Crippen molar-refractivity contribution in [3.63, 3.8) is 0 Å². The minimum Gasteiger partial charge on any atom is -0.481 e. The highest BCUT2D eigenvalue weighted by molar-refractivity contribution is 7.99. The zero-order chi connectivity index (χ0) is 13.1. The van der Waals surface area contributed by atoms with Crippen LogP contribution >= 0.6 is 11.8 Å². The quantitative estimate of drug-likeness (QED) is 0.849. The fourth-order valence-electron chi connectivity index (χ4n) is 2.22. The average Bonchev–Trinajstić information content (AvgIpc) is 2.68. The molecule has 0 amide bonds. The lowest BCUT2D eigenvalue weighted by atomic mass is 10.0. The molecule has 1 aromatic heterocycles. The van der Waals surface area contributed by atoms with E-state index in [9.17, 15) is 4.79 Å². The molecule has 1 aliphatic heterocycles. The molecular weight excluding hydrogens is 252 g/mol. The number of thioether (sulfide) groups is 1. The molecule has 100 valence electrons. The van der Waals surface area contributed by atoms with Gasteiger partial charge in [-0.05, 0) is 26.7 Å². The number of aliphatic carboxylic acids is 1. The van der Waals surface area contributed by atoms with Crippen LogP contribution < -0.4 is 0 Å². The number of ether oxygens (including phenoxy) is 1. The van der Waals surface area contributed by atoms with E-state index in [0.717, 1.165) is 30.3 Å². The Balaban J connectivity index is 2.13. The first-order valence-electron chi connectivity index (χ1n) is 6.08. The van der Waals surface area contributed by atoms with Crippen LogP contribution in [0.2, 0.25) is 0 Å². The van der Waals surface area contributed by atoms with Crippen LogP contribution in [0.5, 0.6) is 0 Å². The number of nitrogens with zero attached hydrogens (tertiary/aromatic N) is 2.